The molecule has 1 aliphatic heterocycles. The Bertz CT molecular complexity index is 771. The number of amides is 1. The Kier molecular flexibility index (Phi) is 5.27. The zero-order valence-electron chi connectivity index (χ0n) is 12.8. The summed E-state index contributed by atoms with van der Waals surface area (Å²) in [6, 6.07) is 9.36. The molecule has 0 radical (unpaired) electrons. The summed E-state index contributed by atoms with van der Waals surface area (Å²) in [6.07, 6.45) is 2.41. The third-order valence-corrected chi connectivity index (χ3v) is 4.33. The molecular formula is C17H15IN4O2. The largest absolute Gasteiger partial charge is 0.372 e. The fourth-order valence-electron chi connectivity index (χ4n) is 2.36. The number of rotatable bonds is 1. The number of aromatic nitrogens is 2. The van der Waals surface area contributed by atoms with Gasteiger partial charge in [-0.3, -0.25) is 4.79 Å². The molecule has 1 atom stereocenters. The van der Waals surface area contributed by atoms with Crippen molar-refractivity contribution in [3.8, 4) is 11.8 Å². The van der Waals surface area contributed by atoms with Gasteiger partial charge in [-0.25, -0.2) is 9.97 Å². The van der Waals surface area contributed by atoms with E-state index in [9.17, 15) is 9.90 Å². The van der Waals surface area contributed by atoms with Crippen LogP contribution in [-0.2, 0) is 4.79 Å². The van der Waals surface area contributed by atoms with Crippen molar-refractivity contribution in [2.75, 3.05) is 24.5 Å². The van der Waals surface area contributed by atoms with Gasteiger partial charge in [-0.2, -0.15) is 0 Å². The first kappa shape index (κ1) is 16.7. The number of piperazine rings is 1. The SMILES string of the molecule is O=C(C#Cc1ccc(I)cc1)N1CCN(c2ncccn2)C(O)C1. The van der Waals surface area contributed by atoms with Crippen LogP contribution in [0, 0.1) is 15.4 Å². The van der Waals surface area contributed by atoms with Crippen molar-refractivity contribution in [2.24, 2.45) is 0 Å². The van der Waals surface area contributed by atoms with Gasteiger partial charge in [0.05, 0.1) is 6.54 Å². The molecule has 1 N–H and O–H groups in total. The van der Waals surface area contributed by atoms with Crippen LogP contribution in [0.3, 0.4) is 0 Å². The van der Waals surface area contributed by atoms with Gasteiger partial charge in [-0.05, 0) is 52.9 Å². The minimum Gasteiger partial charge on any atom is -0.372 e. The average molecular weight is 434 g/mol. The lowest BCUT2D eigenvalue weighted by Gasteiger charge is -2.37. The lowest BCUT2D eigenvalue weighted by molar-refractivity contribution is -0.127. The molecule has 1 saturated heterocycles. The molecule has 24 heavy (non-hydrogen) atoms. The fourth-order valence-corrected chi connectivity index (χ4v) is 2.72. The van der Waals surface area contributed by atoms with E-state index in [4.69, 9.17) is 0 Å². The number of halogens is 1. The molecule has 122 valence electrons. The molecule has 1 amide bonds. The normalized spacial score (nSPS) is 17.2. The highest BCUT2D eigenvalue weighted by Gasteiger charge is 2.28. The van der Waals surface area contributed by atoms with Crippen LogP contribution in [0.2, 0.25) is 0 Å². The summed E-state index contributed by atoms with van der Waals surface area (Å²) in [6.45, 7) is 1.11. The summed E-state index contributed by atoms with van der Waals surface area (Å²) < 4.78 is 1.12. The first-order valence-corrected chi connectivity index (χ1v) is 8.49. The maximum atomic E-state index is 12.2. The summed E-state index contributed by atoms with van der Waals surface area (Å²) in [4.78, 5) is 23.7. The van der Waals surface area contributed by atoms with Crippen molar-refractivity contribution in [1.82, 2.24) is 14.9 Å². The van der Waals surface area contributed by atoms with E-state index in [0.29, 0.717) is 19.0 Å². The van der Waals surface area contributed by atoms with Crippen LogP contribution in [0.15, 0.2) is 42.7 Å². The molecule has 1 fully saturated rings. The number of carbonyl (C=O) groups is 1. The van der Waals surface area contributed by atoms with Crippen LogP contribution in [0.25, 0.3) is 0 Å². The van der Waals surface area contributed by atoms with Gasteiger partial charge in [0.15, 0.2) is 0 Å². The molecule has 3 rings (SSSR count). The Morgan fingerprint density at radius 3 is 2.58 bits per heavy atom. The molecule has 6 nitrogen and oxygen atoms in total. The van der Waals surface area contributed by atoms with E-state index in [0.717, 1.165) is 9.13 Å². The second-order valence-corrected chi connectivity index (χ2v) is 6.48. The number of anilines is 1. The first-order valence-electron chi connectivity index (χ1n) is 7.42. The highest BCUT2D eigenvalue weighted by Crippen LogP contribution is 2.14. The molecule has 0 aliphatic carbocycles. The molecule has 1 aromatic carbocycles. The Labute approximate surface area is 153 Å². The smallest absolute Gasteiger partial charge is 0.299 e. The Morgan fingerprint density at radius 2 is 1.92 bits per heavy atom. The third-order valence-electron chi connectivity index (χ3n) is 3.61. The number of hydrogen-bond acceptors (Lipinski definition) is 5. The highest BCUT2D eigenvalue weighted by atomic mass is 127. The van der Waals surface area contributed by atoms with Crippen molar-refractivity contribution in [2.45, 2.75) is 6.23 Å². The summed E-state index contributed by atoms with van der Waals surface area (Å²) in [5.41, 5.74) is 0.792. The van der Waals surface area contributed by atoms with Crippen molar-refractivity contribution >= 4 is 34.4 Å². The van der Waals surface area contributed by atoms with E-state index < -0.39 is 6.23 Å². The molecule has 0 spiro atoms. The minimum atomic E-state index is -0.842. The lowest BCUT2D eigenvalue weighted by atomic mass is 10.2. The van der Waals surface area contributed by atoms with Crippen LogP contribution in [0.5, 0.6) is 0 Å². The Morgan fingerprint density at radius 1 is 1.21 bits per heavy atom. The predicted octanol–water partition coefficient (Wildman–Crippen LogP) is 1.10. The topological polar surface area (TPSA) is 69.6 Å². The van der Waals surface area contributed by atoms with Gasteiger partial charge in [-0.15, -0.1) is 0 Å². The molecule has 0 bridgehead atoms. The average Bonchev–Trinajstić information content (AvgIpc) is 2.61. The predicted molar refractivity (Wildman–Crippen MR) is 98.0 cm³/mol. The lowest BCUT2D eigenvalue weighted by Crippen LogP contribution is -2.55. The summed E-state index contributed by atoms with van der Waals surface area (Å²) in [7, 11) is 0. The van der Waals surface area contributed by atoms with Crippen LogP contribution in [-0.4, -0.2) is 51.7 Å². The van der Waals surface area contributed by atoms with Gasteiger partial charge >= 0.3 is 0 Å². The van der Waals surface area contributed by atoms with Gasteiger partial charge in [0, 0.05) is 40.5 Å². The second-order valence-electron chi connectivity index (χ2n) is 5.23. The summed E-state index contributed by atoms with van der Waals surface area (Å²) in [5.74, 6) is 5.67. The van der Waals surface area contributed by atoms with Crippen LogP contribution >= 0.6 is 22.6 Å². The monoisotopic (exact) mass is 434 g/mol. The third kappa shape index (κ3) is 4.01. The van der Waals surface area contributed by atoms with Crippen LogP contribution < -0.4 is 4.90 Å². The molecule has 2 heterocycles. The fraction of sp³-hybridized carbons (Fsp3) is 0.235. The van der Waals surface area contributed by atoms with E-state index in [1.54, 1.807) is 28.3 Å². The van der Waals surface area contributed by atoms with E-state index in [2.05, 4.69) is 44.4 Å². The van der Waals surface area contributed by atoms with Crippen LogP contribution in [0.4, 0.5) is 5.95 Å². The molecule has 1 aromatic heterocycles. The number of hydrogen-bond donors (Lipinski definition) is 1. The second kappa shape index (κ2) is 7.59. The number of benzene rings is 1. The number of carbonyl (C=O) groups excluding carboxylic acids is 1. The molecule has 7 heteroatoms. The number of nitrogens with zero attached hydrogens (tertiary/aromatic N) is 4. The van der Waals surface area contributed by atoms with Gasteiger partial charge in [0.25, 0.3) is 5.91 Å². The highest BCUT2D eigenvalue weighted by molar-refractivity contribution is 14.1. The van der Waals surface area contributed by atoms with Crippen molar-refractivity contribution in [3.05, 3.63) is 51.9 Å². The quantitative estimate of drug-likeness (QED) is 0.538. The zero-order chi connectivity index (χ0) is 16.9. The van der Waals surface area contributed by atoms with Crippen molar-refractivity contribution in [3.63, 3.8) is 0 Å². The van der Waals surface area contributed by atoms with E-state index >= 15 is 0 Å². The number of aliphatic hydroxyl groups excluding tert-OH is 1. The molecule has 2 aromatic rings. The standard InChI is InChI=1S/C17H15IN4O2/c18-14-5-2-13(3-6-14)4-7-15(23)21-10-11-22(16(24)12-21)17-19-8-1-9-20-17/h1-3,5-6,8-9,16,24H,10-12H2. The Balaban J connectivity index is 1.63. The first-order chi connectivity index (χ1) is 11.6. The maximum absolute atomic E-state index is 12.2. The Hall–Kier alpha value is -2.18. The minimum absolute atomic E-state index is 0.179. The van der Waals surface area contributed by atoms with E-state index in [1.165, 1.54) is 0 Å². The van der Waals surface area contributed by atoms with Gasteiger partial charge < -0.3 is 14.9 Å². The van der Waals surface area contributed by atoms with Crippen molar-refractivity contribution in [1.29, 1.82) is 0 Å². The maximum Gasteiger partial charge on any atom is 0.299 e. The molecular weight excluding hydrogens is 419 g/mol. The number of β-amino-alcohol motifs (C(OH)–C–C–N with tert-alkyl or cyclic N) is 1. The number of aliphatic hydroxyl groups is 1. The zero-order valence-corrected chi connectivity index (χ0v) is 14.9. The van der Waals surface area contributed by atoms with Crippen molar-refractivity contribution < 1.29 is 9.90 Å². The molecule has 1 unspecified atom stereocenters. The van der Waals surface area contributed by atoms with Gasteiger partial charge in [0.1, 0.15) is 6.23 Å². The van der Waals surface area contributed by atoms with E-state index in [1.807, 2.05) is 24.3 Å². The molecule has 0 saturated carbocycles. The van der Waals surface area contributed by atoms with Gasteiger partial charge in [-0.1, -0.05) is 5.92 Å². The van der Waals surface area contributed by atoms with E-state index in [-0.39, 0.29) is 12.5 Å². The molecule has 1 aliphatic rings. The summed E-state index contributed by atoms with van der Waals surface area (Å²) in [5, 5.41) is 10.3. The van der Waals surface area contributed by atoms with Crippen LogP contribution in [0.1, 0.15) is 5.56 Å². The summed E-state index contributed by atoms with van der Waals surface area (Å²) >= 11 is 2.22. The van der Waals surface area contributed by atoms with Gasteiger partial charge in [0.2, 0.25) is 5.95 Å².